The van der Waals surface area contributed by atoms with Crippen LogP contribution in [0.4, 0.5) is 5.69 Å². The zero-order valence-electron chi connectivity index (χ0n) is 12.6. The molecule has 0 aromatic heterocycles. The highest BCUT2D eigenvalue weighted by atomic mass is 32.2. The molecule has 5 nitrogen and oxygen atoms in total. The first-order chi connectivity index (χ1) is 11.1. The van der Waals surface area contributed by atoms with Gasteiger partial charge in [0.25, 0.3) is 0 Å². The summed E-state index contributed by atoms with van der Waals surface area (Å²) >= 11 is 0. The van der Waals surface area contributed by atoms with Gasteiger partial charge in [-0.25, -0.2) is 8.42 Å². The lowest BCUT2D eigenvalue weighted by molar-refractivity contribution is -0.119. The highest BCUT2D eigenvalue weighted by molar-refractivity contribution is 7.88. The molecule has 0 aliphatic carbocycles. The summed E-state index contributed by atoms with van der Waals surface area (Å²) in [5.74, 6) is -0.272. The molecular formula is C17H18N2O3S. The number of benzene rings is 2. The molecule has 0 unspecified atom stereocenters. The lowest BCUT2D eigenvalue weighted by Crippen LogP contribution is -2.52. The summed E-state index contributed by atoms with van der Waals surface area (Å²) < 4.78 is 26.3. The topological polar surface area (TPSA) is 57.7 Å². The molecule has 23 heavy (non-hydrogen) atoms. The van der Waals surface area contributed by atoms with Gasteiger partial charge in [-0.15, -0.1) is 0 Å². The van der Waals surface area contributed by atoms with E-state index in [-0.39, 0.29) is 18.2 Å². The van der Waals surface area contributed by atoms with Crippen molar-refractivity contribution in [3.63, 3.8) is 0 Å². The molecule has 1 aliphatic heterocycles. The summed E-state index contributed by atoms with van der Waals surface area (Å²) in [4.78, 5) is 14.0. The minimum Gasteiger partial charge on any atom is -0.310 e. The molecule has 2 aromatic rings. The zero-order valence-corrected chi connectivity index (χ0v) is 13.4. The number of piperazine rings is 1. The van der Waals surface area contributed by atoms with Gasteiger partial charge in [-0.2, -0.15) is 4.31 Å². The van der Waals surface area contributed by atoms with E-state index in [4.69, 9.17) is 0 Å². The van der Waals surface area contributed by atoms with Crippen LogP contribution in [0.3, 0.4) is 0 Å². The van der Waals surface area contributed by atoms with E-state index in [1.54, 1.807) is 17.0 Å². The summed E-state index contributed by atoms with van der Waals surface area (Å²) in [6.45, 7) is 0.580. The average molecular weight is 330 g/mol. The molecule has 0 spiro atoms. The molecule has 2 aromatic carbocycles. The first kappa shape index (κ1) is 15.7. The maximum atomic E-state index is 12.5. The molecule has 0 atom stereocenters. The molecule has 1 heterocycles. The van der Waals surface area contributed by atoms with Gasteiger partial charge in [-0.05, 0) is 17.7 Å². The van der Waals surface area contributed by atoms with E-state index in [1.165, 1.54) is 4.31 Å². The Morgan fingerprint density at radius 1 is 0.870 bits per heavy atom. The second kappa shape index (κ2) is 6.52. The Morgan fingerprint density at radius 2 is 1.48 bits per heavy atom. The predicted molar refractivity (Wildman–Crippen MR) is 89.4 cm³/mol. The Balaban J connectivity index is 1.71. The Bertz CT molecular complexity index is 776. The van der Waals surface area contributed by atoms with Crippen molar-refractivity contribution >= 4 is 21.6 Å². The highest BCUT2D eigenvalue weighted by Gasteiger charge is 2.32. The summed E-state index contributed by atoms with van der Waals surface area (Å²) in [7, 11) is -3.49. The molecule has 1 saturated heterocycles. The summed E-state index contributed by atoms with van der Waals surface area (Å²) in [6, 6.07) is 18.3. The van der Waals surface area contributed by atoms with Crippen molar-refractivity contribution in [1.82, 2.24) is 4.31 Å². The van der Waals surface area contributed by atoms with Crippen molar-refractivity contribution in [3.05, 3.63) is 66.2 Å². The number of anilines is 1. The van der Waals surface area contributed by atoms with Crippen LogP contribution in [-0.2, 0) is 20.6 Å². The average Bonchev–Trinajstić information content (AvgIpc) is 2.56. The fraction of sp³-hybridized carbons (Fsp3) is 0.235. The lowest BCUT2D eigenvalue weighted by Gasteiger charge is -2.33. The number of nitrogens with zero attached hydrogens (tertiary/aromatic N) is 2. The van der Waals surface area contributed by atoms with E-state index >= 15 is 0 Å². The largest absolute Gasteiger partial charge is 0.310 e. The number of carbonyl (C=O) groups is 1. The van der Waals surface area contributed by atoms with Gasteiger partial charge in [-0.3, -0.25) is 4.79 Å². The van der Waals surface area contributed by atoms with Gasteiger partial charge in [0.1, 0.15) is 0 Å². The quantitative estimate of drug-likeness (QED) is 0.860. The number of amides is 1. The molecule has 1 fully saturated rings. The van der Waals surface area contributed by atoms with Crippen LogP contribution < -0.4 is 4.90 Å². The summed E-state index contributed by atoms with van der Waals surface area (Å²) in [6.07, 6.45) is 0. The maximum Gasteiger partial charge on any atom is 0.242 e. The Kier molecular flexibility index (Phi) is 4.45. The number of para-hydroxylation sites is 1. The molecule has 1 aliphatic rings. The second-order valence-corrected chi connectivity index (χ2v) is 7.43. The minimum atomic E-state index is -3.49. The standard InChI is InChI=1S/C17H18N2O3S/c20-17-13-18(11-12-19(17)16-9-5-2-6-10-16)23(21,22)14-15-7-3-1-4-8-15/h1-10H,11-14H2. The van der Waals surface area contributed by atoms with Crippen molar-refractivity contribution < 1.29 is 13.2 Å². The molecule has 0 N–H and O–H groups in total. The molecule has 120 valence electrons. The van der Waals surface area contributed by atoms with Crippen molar-refractivity contribution in [2.24, 2.45) is 0 Å². The Hall–Kier alpha value is -2.18. The van der Waals surface area contributed by atoms with Crippen LogP contribution in [0.2, 0.25) is 0 Å². The summed E-state index contributed by atoms with van der Waals surface area (Å²) in [5, 5.41) is 0. The number of rotatable bonds is 4. The molecule has 1 amide bonds. The predicted octanol–water partition coefficient (Wildman–Crippen LogP) is 1.87. The van der Waals surface area contributed by atoms with Gasteiger partial charge in [0.2, 0.25) is 15.9 Å². The number of carbonyl (C=O) groups excluding carboxylic acids is 1. The fourth-order valence-electron chi connectivity index (χ4n) is 2.65. The lowest BCUT2D eigenvalue weighted by atomic mass is 10.2. The smallest absolute Gasteiger partial charge is 0.242 e. The zero-order chi connectivity index (χ0) is 16.3. The Labute approximate surface area is 136 Å². The van der Waals surface area contributed by atoms with E-state index in [0.717, 1.165) is 11.3 Å². The van der Waals surface area contributed by atoms with Crippen LogP contribution in [0.1, 0.15) is 5.56 Å². The van der Waals surface area contributed by atoms with E-state index in [2.05, 4.69) is 0 Å². The molecule has 0 radical (unpaired) electrons. The molecule has 0 bridgehead atoms. The first-order valence-electron chi connectivity index (χ1n) is 7.43. The highest BCUT2D eigenvalue weighted by Crippen LogP contribution is 2.19. The van der Waals surface area contributed by atoms with Crippen molar-refractivity contribution in [1.29, 1.82) is 0 Å². The molecular weight excluding hydrogens is 312 g/mol. The van der Waals surface area contributed by atoms with Gasteiger partial charge in [0.05, 0.1) is 12.3 Å². The van der Waals surface area contributed by atoms with Crippen LogP contribution in [0.25, 0.3) is 0 Å². The second-order valence-electron chi connectivity index (χ2n) is 5.46. The van der Waals surface area contributed by atoms with Gasteiger partial charge < -0.3 is 4.90 Å². The maximum absolute atomic E-state index is 12.5. The van der Waals surface area contributed by atoms with Crippen molar-refractivity contribution in [2.75, 3.05) is 24.5 Å². The van der Waals surface area contributed by atoms with Crippen molar-refractivity contribution in [3.8, 4) is 0 Å². The normalized spacial score (nSPS) is 16.5. The van der Waals surface area contributed by atoms with E-state index in [0.29, 0.717) is 13.1 Å². The van der Waals surface area contributed by atoms with E-state index in [1.807, 2.05) is 48.5 Å². The molecule has 0 saturated carbocycles. The van der Waals surface area contributed by atoms with Crippen LogP contribution in [0.15, 0.2) is 60.7 Å². The minimum absolute atomic E-state index is 0.0769. The van der Waals surface area contributed by atoms with E-state index in [9.17, 15) is 13.2 Å². The van der Waals surface area contributed by atoms with Crippen LogP contribution in [0.5, 0.6) is 0 Å². The number of hydrogen-bond donors (Lipinski definition) is 0. The van der Waals surface area contributed by atoms with Gasteiger partial charge >= 0.3 is 0 Å². The van der Waals surface area contributed by atoms with Crippen LogP contribution in [-0.4, -0.2) is 38.3 Å². The first-order valence-corrected chi connectivity index (χ1v) is 9.04. The van der Waals surface area contributed by atoms with Crippen LogP contribution >= 0.6 is 0 Å². The summed E-state index contributed by atoms with van der Waals surface area (Å²) in [5.41, 5.74) is 1.53. The number of sulfonamides is 1. The molecule has 6 heteroatoms. The third kappa shape index (κ3) is 3.60. The Morgan fingerprint density at radius 3 is 2.09 bits per heavy atom. The SMILES string of the molecule is O=C1CN(S(=O)(=O)Cc2ccccc2)CCN1c1ccccc1. The van der Waals surface area contributed by atoms with Gasteiger partial charge in [-0.1, -0.05) is 48.5 Å². The van der Waals surface area contributed by atoms with Gasteiger partial charge in [0.15, 0.2) is 0 Å². The van der Waals surface area contributed by atoms with Crippen molar-refractivity contribution in [2.45, 2.75) is 5.75 Å². The number of hydrogen-bond acceptors (Lipinski definition) is 3. The van der Waals surface area contributed by atoms with Gasteiger partial charge in [0, 0.05) is 18.8 Å². The monoisotopic (exact) mass is 330 g/mol. The fourth-order valence-corrected chi connectivity index (χ4v) is 4.11. The third-order valence-corrected chi connectivity index (χ3v) is 5.64. The third-order valence-electron chi connectivity index (χ3n) is 3.84. The molecule has 3 rings (SSSR count). The van der Waals surface area contributed by atoms with Crippen LogP contribution in [0, 0.1) is 0 Å². The van der Waals surface area contributed by atoms with E-state index < -0.39 is 10.0 Å².